The molecule has 1 aliphatic heterocycles. The van der Waals surface area contributed by atoms with Crippen molar-refractivity contribution in [2.75, 3.05) is 20.2 Å². The largest absolute Gasteiger partial charge is 0.504 e. The molecular weight excluding hydrogens is 292 g/mol. The maximum absolute atomic E-state index is 12.4. The summed E-state index contributed by atoms with van der Waals surface area (Å²) in [5.41, 5.74) is 1.03. The highest BCUT2D eigenvalue weighted by Gasteiger charge is 2.24. The maximum atomic E-state index is 12.4. The summed E-state index contributed by atoms with van der Waals surface area (Å²) in [7, 11) is 1.53. The van der Waals surface area contributed by atoms with E-state index >= 15 is 0 Å². The number of phenols is 1. The van der Waals surface area contributed by atoms with Gasteiger partial charge < -0.3 is 20.1 Å². The van der Waals surface area contributed by atoms with E-state index in [2.05, 4.69) is 19.2 Å². The number of rotatable bonds is 4. The van der Waals surface area contributed by atoms with Gasteiger partial charge in [-0.25, -0.2) is 4.79 Å². The zero-order valence-electron chi connectivity index (χ0n) is 14.3. The van der Waals surface area contributed by atoms with E-state index in [-0.39, 0.29) is 11.8 Å². The molecule has 2 atom stereocenters. The van der Waals surface area contributed by atoms with E-state index in [4.69, 9.17) is 4.74 Å². The Morgan fingerprint density at radius 1 is 1.39 bits per heavy atom. The second-order valence-electron chi connectivity index (χ2n) is 6.53. The third-order valence-electron chi connectivity index (χ3n) is 4.55. The van der Waals surface area contributed by atoms with Gasteiger partial charge in [0.15, 0.2) is 11.5 Å². The molecule has 1 heterocycles. The molecular formula is C18H28N2O3. The van der Waals surface area contributed by atoms with Crippen LogP contribution < -0.4 is 10.1 Å². The van der Waals surface area contributed by atoms with Crippen molar-refractivity contribution in [2.24, 2.45) is 5.92 Å². The lowest BCUT2D eigenvalue weighted by molar-refractivity contribution is 0.174. The molecule has 0 aliphatic carbocycles. The van der Waals surface area contributed by atoms with Crippen molar-refractivity contribution < 1.29 is 14.6 Å². The van der Waals surface area contributed by atoms with Crippen LogP contribution >= 0.6 is 0 Å². The minimum atomic E-state index is 0.0250. The predicted molar refractivity (Wildman–Crippen MR) is 90.9 cm³/mol. The molecule has 2 N–H and O–H groups in total. The molecule has 0 saturated carbocycles. The van der Waals surface area contributed by atoms with Crippen LogP contribution in [-0.2, 0) is 6.42 Å². The summed E-state index contributed by atoms with van der Waals surface area (Å²) in [6.07, 6.45) is 4.17. The zero-order valence-corrected chi connectivity index (χ0v) is 14.3. The molecule has 1 aliphatic rings. The van der Waals surface area contributed by atoms with Crippen LogP contribution in [0.4, 0.5) is 4.79 Å². The van der Waals surface area contributed by atoms with Gasteiger partial charge in [0.2, 0.25) is 0 Å². The number of carbonyl (C=O) groups is 1. The molecule has 0 bridgehead atoms. The van der Waals surface area contributed by atoms with Crippen LogP contribution in [-0.4, -0.2) is 42.3 Å². The highest BCUT2D eigenvalue weighted by Crippen LogP contribution is 2.26. The molecule has 0 spiro atoms. The van der Waals surface area contributed by atoms with E-state index in [0.717, 1.165) is 18.5 Å². The number of likely N-dealkylation sites (tertiary alicyclic amines) is 1. The molecule has 2 unspecified atom stereocenters. The van der Waals surface area contributed by atoms with E-state index in [1.807, 2.05) is 11.0 Å². The van der Waals surface area contributed by atoms with Gasteiger partial charge in [-0.05, 0) is 49.8 Å². The minimum Gasteiger partial charge on any atom is -0.504 e. The number of hydrogen-bond donors (Lipinski definition) is 2. The van der Waals surface area contributed by atoms with E-state index in [1.54, 1.807) is 12.1 Å². The van der Waals surface area contributed by atoms with Crippen molar-refractivity contribution in [1.29, 1.82) is 0 Å². The van der Waals surface area contributed by atoms with Crippen LogP contribution in [0.5, 0.6) is 11.5 Å². The van der Waals surface area contributed by atoms with Gasteiger partial charge in [-0.2, -0.15) is 0 Å². The number of nitrogens with zero attached hydrogens (tertiary/aromatic N) is 1. The van der Waals surface area contributed by atoms with Crippen LogP contribution in [0.15, 0.2) is 18.2 Å². The zero-order chi connectivity index (χ0) is 16.8. The summed E-state index contributed by atoms with van der Waals surface area (Å²) in [6, 6.07) is 5.60. The van der Waals surface area contributed by atoms with Crippen molar-refractivity contribution in [3.05, 3.63) is 23.8 Å². The molecule has 128 valence electrons. The number of ether oxygens (including phenoxy) is 1. The lowest BCUT2D eigenvalue weighted by Crippen LogP contribution is -2.46. The van der Waals surface area contributed by atoms with Gasteiger partial charge in [-0.15, -0.1) is 0 Å². The molecule has 23 heavy (non-hydrogen) atoms. The summed E-state index contributed by atoms with van der Waals surface area (Å²) in [5, 5.41) is 12.6. The second-order valence-corrected chi connectivity index (χ2v) is 6.53. The minimum absolute atomic E-state index is 0.0250. The maximum Gasteiger partial charge on any atom is 0.317 e. The molecule has 0 aromatic heterocycles. The lowest BCUT2D eigenvalue weighted by atomic mass is 10.1. The Hall–Kier alpha value is -1.91. The SMILES string of the molecule is COc1cc(CCNC(=O)N2CC(C)CCCC2C)ccc1O. The number of urea groups is 1. The second kappa shape index (κ2) is 8.09. The number of carbonyl (C=O) groups excluding carboxylic acids is 1. The van der Waals surface area contributed by atoms with Crippen molar-refractivity contribution in [1.82, 2.24) is 10.2 Å². The fourth-order valence-electron chi connectivity index (χ4n) is 3.10. The Balaban J connectivity index is 1.86. The van der Waals surface area contributed by atoms with Crippen LogP contribution in [0.2, 0.25) is 0 Å². The Bertz CT molecular complexity index is 533. The monoisotopic (exact) mass is 320 g/mol. The number of benzene rings is 1. The van der Waals surface area contributed by atoms with E-state index in [0.29, 0.717) is 30.7 Å². The average Bonchev–Trinajstić information content (AvgIpc) is 2.70. The van der Waals surface area contributed by atoms with Gasteiger partial charge in [0.1, 0.15) is 0 Å². The van der Waals surface area contributed by atoms with E-state index in [9.17, 15) is 9.90 Å². The van der Waals surface area contributed by atoms with Crippen LogP contribution in [0.25, 0.3) is 0 Å². The number of aromatic hydroxyl groups is 1. The molecule has 5 nitrogen and oxygen atoms in total. The fraction of sp³-hybridized carbons (Fsp3) is 0.611. The molecule has 2 rings (SSSR count). The van der Waals surface area contributed by atoms with Crippen LogP contribution in [0.1, 0.15) is 38.7 Å². The van der Waals surface area contributed by atoms with Gasteiger partial charge in [-0.3, -0.25) is 0 Å². The smallest absolute Gasteiger partial charge is 0.317 e. The number of amides is 2. The average molecular weight is 320 g/mol. The van der Waals surface area contributed by atoms with Crippen molar-refractivity contribution in [3.63, 3.8) is 0 Å². The van der Waals surface area contributed by atoms with E-state index < -0.39 is 0 Å². The summed E-state index contributed by atoms with van der Waals surface area (Å²) in [6.45, 7) is 5.74. The highest BCUT2D eigenvalue weighted by atomic mass is 16.5. The normalized spacial score (nSPS) is 21.6. The third kappa shape index (κ3) is 4.78. The Morgan fingerprint density at radius 2 is 2.17 bits per heavy atom. The highest BCUT2D eigenvalue weighted by molar-refractivity contribution is 5.74. The topological polar surface area (TPSA) is 61.8 Å². The summed E-state index contributed by atoms with van der Waals surface area (Å²) < 4.78 is 5.10. The van der Waals surface area contributed by atoms with Crippen molar-refractivity contribution >= 4 is 6.03 Å². The Kier molecular flexibility index (Phi) is 6.13. The molecule has 1 fully saturated rings. The summed E-state index contributed by atoms with van der Waals surface area (Å²) in [5.74, 6) is 1.16. The van der Waals surface area contributed by atoms with Gasteiger partial charge in [0.25, 0.3) is 0 Å². The van der Waals surface area contributed by atoms with Crippen LogP contribution in [0.3, 0.4) is 0 Å². The molecule has 1 saturated heterocycles. The Morgan fingerprint density at radius 3 is 2.91 bits per heavy atom. The van der Waals surface area contributed by atoms with Crippen molar-refractivity contribution in [3.8, 4) is 11.5 Å². The van der Waals surface area contributed by atoms with Gasteiger partial charge >= 0.3 is 6.03 Å². The number of phenolic OH excluding ortho intramolecular Hbond substituents is 1. The van der Waals surface area contributed by atoms with Gasteiger partial charge in [0, 0.05) is 19.1 Å². The summed E-state index contributed by atoms with van der Waals surface area (Å²) >= 11 is 0. The third-order valence-corrected chi connectivity index (χ3v) is 4.55. The van der Waals surface area contributed by atoms with Gasteiger partial charge in [0.05, 0.1) is 7.11 Å². The summed E-state index contributed by atoms with van der Waals surface area (Å²) in [4.78, 5) is 14.4. The first-order chi connectivity index (χ1) is 11.0. The van der Waals surface area contributed by atoms with E-state index in [1.165, 1.54) is 20.0 Å². The standard InChI is InChI=1S/C18H28N2O3/c1-13-5-4-6-14(2)20(12-13)18(22)19-10-9-15-7-8-16(21)17(11-15)23-3/h7-8,11,13-14,21H,4-6,9-10,12H2,1-3H3,(H,19,22). The van der Waals surface area contributed by atoms with Crippen molar-refractivity contribution in [2.45, 2.75) is 45.6 Å². The molecule has 1 aromatic carbocycles. The first-order valence-corrected chi connectivity index (χ1v) is 8.41. The fourth-order valence-corrected chi connectivity index (χ4v) is 3.10. The predicted octanol–water partition coefficient (Wildman–Crippen LogP) is 3.16. The quantitative estimate of drug-likeness (QED) is 0.896. The Labute approximate surface area is 138 Å². The molecule has 0 radical (unpaired) electrons. The van der Waals surface area contributed by atoms with Crippen LogP contribution in [0, 0.1) is 5.92 Å². The number of methoxy groups -OCH3 is 1. The lowest BCUT2D eigenvalue weighted by Gasteiger charge is -2.28. The number of nitrogens with one attached hydrogen (secondary N) is 1. The first-order valence-electron chi connectivity index (χ1n) is 8.41. The first kappa shape index (κ1) is 17.4. The molecule has 1 aromatic rings. The van der Waals surface area contributed by atoms with Gasteiger partial charge in [-0.1, -0.05) is 19.4 Å². The molecule has 2 amide bonds. The number of hydrogen-bond acceptors (Lipinski definition) is 3. The molecule has 5 heteroatoms.